The number of aromatic amines is 1. The van der Waals surface area contributed by atoms with Crippen molar-refractivity contribution in [2.45, 2.75) is 13.3 Å². The predicted molar refractivity (Wildman–Crippen MR) is 98.5 cm³/mol. The summed E-state index contributed by atoms with van der Waals surface area (Å²) < 4.78 is 1.75. The molecule has 0 aliphatic carbocycles. The number of rotatable bonds is 3. The Labute approximate surface area is 148 Å². The van der Waals surface area contributed by atoms with Crippen LogP contribution < -0.4 is 5.56 Å². The number of hydrogen-bond acceptors (Lipinski definition) is 3. The molecule has 2 aromatic heterocycles. The van der Waals surface area contributed by atoms with E-state index in [0.29, 0.717) is 28.3 Å². The van der Waals surface area contributed by atoms with Gasteiger partial charge in [-0.1, -0.05) is 48.0 Å². The average Bonchev–Trinajstić information content (AvgIpc) is 2.94. The Hall–Kier alpha value is -2.92. The van der Waals surface area contributed by atoms with Crippen LogP contribution in [0.25, 0.3) is 16.9 Å². The van der Waals surface area contributed by atoms with Crippen LogP contribution in [0.1, 0.15) is 17.0 Å². The van der Waals surface area contributed by atoms with Crippen molar-refractivity contribution in [3.63, 3.8) is 0 Å². The van der Waals surface area contributed by atoms with Crippen molar-refractivity contribution >= 4 is 22.8 Å². The molecule has 0 bridgehead atoms. The van der Waals surface area contributed by atoms with E-state index >= 15 is 0 Å². The van der Waals surface area contributed by atoms with Crippen molar-refractivity contribution in [1.29, 1.82) is 0 Å². The average molecular weight is 351 g/mol. The lowest BCUT2D eigenvalue weighted by molar-refractivity contribution is 0.871. The SMILES string of the molecule is Cc1nn(-c2ccccc2)c2nc(Cc3ccccc3Cl)c(=O)[nH]c12. The molecule has 124 valence electrons. The van der Waals surface area contributed by atoms with Crippen molar-refractivity contribution in [3.8, 4) is 5.69 Å². The fourth-order valence-corrected chi connectivity index (χ4v) is 3.02. The number of fused-ring (bicyclic) bond motifs is 1. The third-order valence-corrected chi connectivity index (χ3v) is 4.46. The van der Waals surface area contributed by atoms with Gasteiger partial charge in [0.2, 0.25) is 0 Å². The number of H-pyrrole nitrogens is 1. The highest BCUT2D eigenvalue weighted by Crippen LogP contribution is 2.20. The van der Waals surface area contributed by atoms with Crippen LogP contribution in [0.2, 0.25) is 5.02 Å². The van der Waals surface area contributed by atoms with Gasteiger partial charge >= 0.3 is 0 Å². The molecule has 0 radical (unpaired) electrons. The number of aryl methyl sites for hydroxylation is 1. The second-order valence-corrected chi connectivity index (χ2v) is 6.22. The van der Waals surface area contributed by atoms with Crippen LogP contribution in [0.15, 0.2) is 59.4 Å². The van der Waals surface area contributed by atoms with E-state index in [4.69, 9.17) is 11.6 Å². The van der Waals surface area contributed by atoms with Crippen LogP contribution in [0, 0.1) is 6.92 Å². The lowest BCUT2D eigenvalue weighted by Crippen LogP contribution is -2.16. The summed E-state index contributed by atoms with van der Waals surface area (Å²) in [5.41, 5.74) is 3.96. The molecular formula is C19H15ClN4O. The topological polar surface area (TPSA) is 63.6 Å². The second kappa shape index (κ2) is 6.18. The Morgan fingerprint density at radius 2 is 1.80 bits per heavy atom. The van der Waals surface area contributed by atoms with Gasteiger partial charge in [0.15, 0.2) is 5.65 Å². The summed E-state index contributed by atoms with van der Waals surface area (Å²) >= 11 is 6.22. The number of nitrogens with one attached hydrogen (secondary N) is 1. The molecule has 0 fully saturated rings. The van der Waals surface area contributed by atoms with Crippen molar-refractivity contribution in [2.75, 3.05) is 0 Å². The molecule has 4 rings (SSSR count). The largest absolute Gasteiger partial charge is 0.316 e. The molecule has 6 heteroatoms. The van der Waals surface area contributed by atoms with Gasteiger partial charge in [0.25, 0.3) is 5.56 Å². The lowest BCUT2D eigenvalue weighted by atomic mass is 10.1. The highest BCUT2D eigenvalue weighted by molar-refractivity contribution is 6.31. The Balaban J connectivity index is 1.88. The molecule has 2 aromatic carbocycles. The van der Waals surface area contributed by atoms with Crippen LogP contribution >= 0.6 is 11.6 Å². The van der Waals surface area contributed by atoms with Gasteiger partial charge < -0.3 is 4.98 Å². The Kier molecular flexibility index (Phi) is 3.86. The first-order chi connectivity index (χ1) is 12.1. The number of aromatic nitrogens is 4. The first-order valence-electron chi connectivity index (χ1n) is 7.91. The zero-order chi connectivity index (χ0) is 17.4. The number of halogens is 1. The second-order valence-electron chi connectivity index (χ2n) is 5.81. The number of hydrogen-bond donors (Lipinski definition) is 1. The van der Waals surface area contributed by atoms with Gasteiger partial charge in [0.1, 0.15) is 11.2 Å². The first-order valence-corrected chi connectivity index (χ1v) is 8.28. The van der Waals surface area contributed by atoms with Crippen LogP contribution in [0.3, 0.4) is 0 Å². The number of para-hydroxylation sites is 1. The zero-order valence-electron chi connectivity index (χ0n) is 13.5. The lowest BCUT2D eigenvalue weighted by Gasteiger charge is -2.05. The monoisotopic (exact) mass is 350 g/mol. The van der Waals surface area contributed by atoms with E-state index in [1.807, 2.05) is 61.5 Å². The van der Waals surface area contributed by atoms with E-state index < -0.39 is 0 Å². The molecule has 1 N–H and O–H groups in total. The molecule has 0 aliphatic rings. The molecule has 0 unspecified atom stereocenters. The van der Waals surface area contributed by atoms with Crippen LogP contribution in [0.4, 0.5) is 0 Å². The normalized spacial score (nSPS) is 11.1. The van der Waals surface area contributed by atoms with E-state index in [1.54, 1.807) is 4.68 Å². The molecular weight excluding hydrogens is 336 g/mol. The number of benzene rings is 2. The minimum Gasteiger partial charge on any atom is -0.316 e. The molecule has 0 spiro atoms. The Morgan fingerprint density at radius 1 is 1.08 bits per heavy atom. The van der Waals surface area contributed by atoms with Gasteiger partial charge in [0, 0.05) is 11.4 Å². The van der Waals surface area contributed by atoms with Gasteiger partial charge in [0.05, 0.1) is 11.4 Å². The standard InChI is InChI=1S/C19H15ClN4O/c1-12-17-18(24(23-12)14-8-3-2-4-9-14)21-16(19(25)22-17)11-13-7-5-6-10-15(13)20/h2-10H,11H2,1H3,(H,22,25). The predicted octanol–water partition coefficient (Wildman–Crippen LogP) is 3.66. The summed E-state index contributed by atoms with van der Waals surface area (Å²) in [7, 11) is 0. The first kappa shape index (κ1) is 15.6. The third-order valence-electron chi connectivity index (χ3n) is 4.09. The van der Waals surface area contributed by atoms with Crippen molar-refractivity contribution in [1.82, 2.24) is 19.7 Å². The third kappa shape index (κ3) is 2.83. The van der Waals surface area contributed by atoms with Gasteiger partial charge in [-0.25, -0.2) is 9.67 Å². The molecule has 2 heterocycles. The van der Waals surface area contributed by atoms with Gasteiger partial charge in [-0.15, -0.1) is 0 Å². The maximum Gasteiger partial charge on any atom is 0.270 e. The highest BCUT2D eigenvalue weighted by atomic mass is 35.5. The van der Waals surface area contributed by atoms with Gasteiger partial charge in [-0.2, -0.15) is 5.10 Å². The van der Waals surface area contributed by atoms with E-state index in [9.17, 15) is 4.79 Å². The van der Waals surface area contributed by atoms with Gasteiger partial charge in [-0.05, 0) is 30.7 Å². The summed E-state index contributed by atoms with van der Waals surface area (Å²) in [4.78, 5) is 20.0. The van der Waals surface area contributed by atoms with E-state index in [-0.39, 0.29) is 5.56 Å². The summed E-state index contributed by atoms with van der Waals surface area (Å²) in [5, 5.41) is 5.15. The number of nitrogens with zero attached hydrogens (tertiary/aromatic N) is 3. The molecule has 0 aliphatic heterocycles. The van der Waals surface area contributed by atoms with E-state index in [2.05, 4.69) is 15.1 Å². The van der Waals surface area contributed by atoms with E-state index in [1.165, 1.54) is 0 Å². The van der Waals surface area contributed by atoms with Crippen LogP contribution in [0.5, 0.6) is 0 Å². The molecule has 0 atom stereocenters. The maximum atomic E-state index is 12.4. The summed E-state index contributed by atoms with van der Waals surface area (Å²) in [6.07, 6.45) is 0.365. The maximum absolute atomic E-state index is 12.4. The Morgan fingerprint density at radius 3 is 2.56 bits per heavy atom. The van der Waals surface area contributed by atoms with Crippen molar-refractivity contribution < 1.29 is 0 Å². The van der Waals surface area contributed by atoms with Crippen LogP contribution in [-0.4, -0.2) is 19.7 Å². The summed E-state index contributed by atoms with van der Waals surface area (Å²) in [6, 6.07) is 17.2. The summed E-state index contributed by atoms with van der Waals surface area (Å²) in [6.45, 7) is 1.85. The zero-order valence-corrected chi connectivity index (χ0v) is 14.3. The minimum absolute atomic E-state index is 0.219. The fourth-order valence-electron chi connectivity index (χ4n) is 2.82. The quantitative estimate of drug-likeness (QED) is 0.613. The molecule has 0 saturated heterocycles. The smallest absolute Gasteiger partial charge is 0.270 e. The fraction of sp³-hybridized carbons (Fsp3) is 0.105. The van der Waals surface area contributed by atoms with Crippen molar-refractivity contribution in [2.24, 2.45) is 0 Å². The molecule has 0 saturated carbocycles. The molecule has 5 nitrogen and oxygen atoms in total. The Bertz CT molecular complexity index is 1120. The minimum atomic E-state index is -0.219. The van der Waals surface area contributed by atoms with E-state index in [0.717, 1.165) is 16.9 Å². The van der Waals surface area contributed by atoms with Crippen molar-refractivity contribution in [3.05, 3.63) is 86.9 Å². The highest BCUT2D eigenvalue weighted by Gasteiger charge is 2.15. The van der Waals surface area contributed by atoms with Gasteiger partial charge in [-0.3, -0.25) is 4.79 Å². The molecule has 4 aromatic rings. The summed E-state index contributed by atoms with van der Waals surface area (Å²) in [5.74, 6) is 0. The molecule has 25 heavy (non-hydrogen) atoms. The molecule has 0 amide bonds. The van der Waals surface area contributed by atoms with Crippen LogP contribution in [-0.2, 0) is 6.42 Å².